The minimum Gasteiger partial charge on any atom is -0.497 e. The number of nitrogens with one attached hydrogen (secondary N) is 1. The first-order valence-electron chi connectivity index (χ1n) is 4.92. The third-order valence-corrected chi connectivity index (χ3v) is 2.08. The van der Waals surface area contributed by atoms with Gasteiger partial charge in [0.05, 0.1) is 7.11 Å². The Morgan fingerprint density at radius 2 is 2.07 bits per heavy atom. The van der Waals surface area contributed by atoms with Crippen LogP contribution in [0.2, 0.25) is 0 Å². The summed E-state index contributed by atoms with van der Waals surface area (Å²) >= 11 is 0. The van der Waals surface area contributed by atoms with Crippen LogP contribution in [0.15, 0.2) is 36.6 Å². The lowest BCUT2D eigenvalue weighted by Crippen LogP contribution is -2.21. The van der Waals surface area contributed by atoms with E-state index in [1.165, 1.54) is 0 Å². The van der Waals surface area contributed by atoms with Crippen molar-refractivity contribution in [3.8, 4) is 0 Å². The number of rotatable bonds is 7. The van der Waals surface area contributed by atoms with Crippen LogP contribution in [0.5, 0.6) is 0 Å². The Bertz CT molecular complexity index is 218. The fourth-order valence-electron chi connectivity index (χ4n) is 0.924. The van der Waals surface area contributed by atoms with Crippen molar-refractivity contribution in [2.75, 3.05) is 20.2 Å². The predicted molar refractivity (Wildman–Crippen MR) is 62.1 cm³/mol. The van der Waals surface area contributed by atoms with Crippen molar-refractivity contribution in [3.05, 3.63) is 36.6 Å². The Morgan fingerprint density at radius 1 is 1.43 bits per heavy atom. The van der Waals surface area contributed by atoms with E-state index in [1.54, 1.807) is 7.11 Å². The summed E-state index contributed by atoms with van der Waals surface area (Å²) in [5, 5.41) is 3.28. The summed E-state index contributed by atoms with van der Waals surface area (Å²) in [5.41, 5.74) is 1.09. The lowest BCUT2D eigenvalue weighted by atomic mass is 10.0. The predicted octanol–water partition coefficient (Wildman–Crippen LogP) is 2.50. The molecule has 80 valence electrons. The molecule has 0 bridgehead atoms. The summed E-state index contributed by atoms with van der Waals surface area (Å²) in [5.74, 6) is 1.10. The van der Waals surface area contributed by atoms with Gasteiger partial charge in [-0.15, -0.1) is 0 Å². The number of ether oxygens (including phenoxy) is 1. The minimum absolute atomic E-state index is 0.441. The first kappa shape index (κ1) is 13.0. The zero-order chi connectivity index (χ0) is 11.0. The lowest BCUT2D eigenvalue weighted by molar-refractivity contribution is 0.308. The van der Waals surface area contributed by atoms with E-state index in [0.29, 0.717) is 11.7 Å². The third-order valence-electron chi connectivity index (χ3n) is 2.08. The summed E-state index contributed by atoms with van der Waals surface area (Å²) in [6, 6.07) is 0. The maximum Gasteiger partial charge on any atom is 0.111 e. The van der Waals surface area contributed by atoms with Gasteiger partial charge >= 0.3 is 0 Å². The highest BCUT2D eigenvalue weighted by Crippen LogP contribution is 2.09. The molecule has 0 radical (unpaired) electrons. The monoisotopic (exact) mass is 195 g/mol. The lowest BCUT2D eigenvalue weighted by Gasteiger charge is -2.11. The van der Waals surface area contributed by atoms with Gasteiger partial charge in [0.2, 0.25) is 0 Å². The molecule has 0 spiro atoms. The van der Waals surface area contributed by atoms with Crippen LogP contribution in [0.25, 0.3) is 0 Å². The van der Waals surface area contributed by atoms with Gasteiger partial charge in [0.15, 0.2) is 0 Å². The summed E-state index contributed by atoms with van der Waals surface area (Å²) in [4.78, 5) is 0. The first-order chi connectivity index (χ1) is 6.61. The van der Waals surface area contributed by atoms with Crippen molar-refractivity contribution >= 4 is 0 Å². The van der Waals surface area contributed by atoms with E-state index in [0.717, 1.165) is 18.7 Å². The van der Waals surface area contributed by atoms with Gasteiger partial charge in [-0.1, -0.05) is 38.7 Å². The zero-order valence-electron chi connectivity index (χ0n) is 9.47. The van der Waals surface area contributed by atoms with Crippen LogP contribution in [-0.2, 0) is 4.74 Å². The van der Waals surface area contributed by atoms with E-state index in [9.17, 15) is 0 Å². The Morgan fingerprint density at radius 3 is 2.57 bits per heavy atom. The summed E-state index contributed by atoms with van der Waals surface area (Å²) in [7, 11) is 1.61. The largest absolute Gasteiger partial charge is 0.497 e. The van der Waals surface area contributed by atoms with Crippen molar-refractivity contribution < 1.29 is 4.74 Å². The molecular weight excluding hydrogens is 174 g/mol. The van der Waals surface area contributed by atoms with Gasteiger partial charge < -0.3 is 10.1 Å². The van der Waals surface area contributed by atoms with Crippen LogP contribution < -0.4 is 5.32 Å². The average Bonchev–Trinajstić information content (AvgIpc) is 2.21. The second kappa shape index (κ2) is 7.39. The van der Waals surface area contributed by atoms with Crippen molar-refractivity contribution in [1.29, 1.82) is 0 Å². The standard InChI is InChI=1S/C12H21NO/c1-6-13-9-11(3)10(2)7-8-12(4)14-5/h7-8,11,13H,2,4,6,9H2,1,3,5H3/b8-7-. The number of hydrogen-bond acceptors (Lipinski definition) is 2. The third kappa shape index (κ3) is 5.60. The fourth-order valence-corrected chi connectivity index (χ4v) is 0.924. The summed E-state index contributed by atoms with van der Waals surface area (Å²) < 4.78 is 4.92. The number of methoxy groups -OCH3 is 1. The topological polar surface area (TPSA) is 21.3 Å². The second-order valence-electron chi connectivity index (χ2n) is 3.29. The molecule has 0 aliphatic heterocycles. The van der Waals surface area contributed by atoms with Gasteiger partial charge in [-0.3, -0.25) is 0 Å². The Hall–Kier alpha value is -1.02. The molecule has 0 aliphatic rings. The van der Waals surface area contributed by atoms with Crippen molar-refractivity contribution in [2.24, 2.45) is 5.92 Å². The van der Waals surface area contributed by atoms with Gasteiger partial charge in [0, 0.05) is 6.54 Å². The SMILES string of the molecule is C=C(/C=C\C(=C)C(C)CNCC)OC. The van der Waals surface area contributed by atoms with Crippen LogP contribution in [0, 0.1) is 5.92 Å². The molecule has 1 unspecified atom stereocenters. The molecule has 14 heavy (non-hydrogen) atoms. The Kier molecular flexibility index (Phi) is 6.85. The average molecular weight is 195 g/mol. The van der Waals surface area contributed by atoms with Crippen LogP contribution in [-0.4, -0.2) is 20.2 Å². The molecular formula is C12H21NO. The normalized spacial score (nSPS) is 12.8. The summed E-state index contributed by atoms with van der Waals surface area (Å²) in [6.45, 7) is 13.9. The molecule has 0 amide bonds. The highest BCUT2D eigenvalue weighted by atomic mass is 16.5. The summed E-state index contributed by atoms with van der Waals surface area (Å²) in [6.07, 6.45) is 3.79. The molecule has 0 rings (SSSR count). The van der Waals surface area contributed by atoms with Gasteiger partial charge in [-0.25, -0.2) is 0 Å². The van der Waals surface area contributed by atoms with E-state index < -0.39 is 0 Å². The van der Waals surface area contributed by atoms with Crippen molar-refractivity contribution in [2.45, 2.75) is 13.8 Å². The molecule has 0 fully saturated rings. The fraction of sp³-hybridized carbons (Fsp3) is 0.500. The molecule has 0 saturated carbocycles. The second-order valence-corrected chi connectivity index (χ2v) is 3.29. The Balaban J connectivity index is 3.94. The van der Waals surface area contributed by atoms with Gasteiger partial charge in [0.25, 0.3) is 0 Å². The highest BCUT2D eigenvalue weighted by molar-refractivity contribution is 5.23. The maximum absolute atomic E-state index is 4.92. The van der Waals surface area contributed by atoms with E-state index in [-0.39, 0.29) is 0 Å². The molecule has 2 heteroatoms. The number of hydrogen-bond donors (Lipinski definition) is 1. The first-order valence-corrected chi connectivity index (χ1v) is 4.92. The van der Waals surface area contributed by atoms with Crippen molar-refractivity contribution in [1.82, 2.24) is 5.32 Å². The number of allylic oxidation sites excluding steroid dienone is 2. The molecule has 0 aliphatic carbocycles. The zero-order valence-corrected chi connectivity index (χ0v) is 9.47. The smallest absolute Gasteiger partial charge is 0.111 e. The molecule has 0 aromatic heterocycles. The van der Waals surface area contributed by atoms with Gasteiger partial charge in [-0.05, 0) is 18.5 Å². The molecule has 0 aromatic carbocycles. The highest BCUT2D eigenvalue weighted by Gasteiger charge is 2.02. The Labute approximate surface area is 87.3 Å². The molecule has 0 saturated heterocycles. The van der Waals surface area contributed by atoms with E-state index in [1.807, 2.05) is 12.2 Å². The van der Waals surface area contributed by atoms with Crippen LogP contribution >= 0.6 is 0 Å². The van der Waals surface area contributed by atoms with Crippen LogP contribution in [0.3, 0.4) is 0 Å². The molecule has 0 aromatic rings. The quantitative estimate of drug-likeness (QED) is 0.498. The van der Waals surface area contributed by atoms with Gasteiger partial charge in [-0.2, -0.15) is 0 Å². The molecule has 1 N–H and O–H groups in total. The molecule has 0 heterocycles. The van der Waals surface area contributed by atoms with Crippen LogP contribution in [0.4, 0.5) is 0 Å². The maximum atomic E-state index is 4.92. The van der Waals surface area contributed by atoms with Crippen molar-refractivity contribution in [3.63, 3.8) is 0 Å². The molecule has 2 nitrogen and oxygen atoms in total. The van der Waals surface area contributed by atoms with E-state index >= 15 is 0 Å². The van der Waals surface area contributed by atoms with Gasteiger partial charge in [0.1, 0.15) is 5.76 Å². The van der Waals surface area contributed by atoms with E-state index in [4.69, 9.17) is 4.74 Å². The minimum atomic E-state index is 0.441. The molecule has 1 atom stereocenters. The van der Waals surface area contributed by atoms with Crippen LogP contribution in [0.1, 0.15) is 13.8 Å². The van der Waals surface area contributed by atoms with E-state index in [2.05, 4.69) is 32.3 Å².